The first-order valence-electron chi connectivity index (χ1n) is 6.20. The predicted molar refractivity (Wildman–Crippen MR) is 77.1 cm³/mol. The standard InChI is InChI=1S/C12H17N3O3S2/c1-9-10(7-13-15-9)3-2-5-14-20(17,18)12-4-6-19-11(12)8-16/h4,6-7,14,16H,2-3,5,8H2,1H3,(H,13,15). The van der Waals surface area contributed by atoms with Crippen molar-refractivity contribution in [3.63, 3.8) is 0 Å². The lowest BCUT2D eigenvalue weighted by Crippen LogP contribution is -2.25. The van der Waals surface area contributed by atoms with Gasteiger partial charge in [0.25, 0.3) is 0 Å². The second-order valence-corrected chi connectivity index (χ2v) is 7.12. The lowest BCUT2D eigenvalue weighted by molar-refractivity contribution is 0.282. The van der Waals surface area contributed by atoms with Crippen molar-refractivity contribution in [2.24, 2.45) is 0 Å². The third kappa shape index (κ3) is 3.45. The van der Waals surface area contributed by atoms with Gasteiger partial charge in [0.1, 0.15) is 0 Å². The van der Waals surface area contributed by atoms with Crippen molar-refractivity contribution >= 4 is 21.4 Å². The summed E-state index contributed by atoms with van der Waals surface area (Å²) >= 11 is 1.23. The molecule has 8 heteroatoms. The van der Waals surface area contributed by atoms with Crippen molar-refractivity contribution in [1.29, 1.82) is 0 Å². The number of nitrogens with zero attached hydrogens (tertiary/aromatic N) is 1. The third-order valence-corrected chi connectivity index (χ3v) is 5.57. The van der Waals surface area contributed by atoms with Crippen molar-refractivity contribution < 1.29 is 13.5 Å². The molecule has 0 aliphatic carbocycles. The molecule has 110 valence electrons. The largest absolute Gasteiger partial charge is 0.391 e. The van der Waals surface area contributed by atoms with E-state index in [0.717, 1.165) is 17.7 Å². The van der Waals surface area contributed by atoms with Gasteiger partial charge in [0, 0.05) is 17.1 Å². The second-order valence-electron chi connectivity index (χ2n) is 4.39. The zero-order valence-corrected chi connectivity index (χ0v) is 12.7. The van der Waals surface area contributed by atoms with Crippen LogP contribution in [0.3, 0.4) is 0 Å². The summed E-state index contributed by atoms with van der Waals surface area (Å²) in [6, 6.07) is 1.51. The Balaban J connectivity index is 1.89. The lowest BCUT2D eigenvalue weighted by atomic mass is 10.1. The van der Waals surface area contributed by atoms with Gasteiger partial charge in [-0.15, -0.1) is 11.3 Å². The maximum atomic E-state index is 12.1. The van der Waals surface area contributed by atoms with Crippen LogP contribution in [0.25, 0.3) is 0 Å². The number of aromatic amines is 1. The fourth-order valence-corrected chi connectivity index (χ4v) is 4.24. The molecule has 2 rings (SSSR count). The van der Waals surface area contributed by atoms with E-state index in [9.17, 15) is 8.42 Å². The number of hydrogen-bond acceptors (Lipinski definition) is 5. The van der Waals surface area contributed by atoms with E-state index in [-0.39, 0.29) is 11.5 Å². The Hall–Kier alpha value is -1.22. The number of nitrogens with one attached hydrogen (secondary N) is 2. The van der Waals surface area contributed by atoms with Crippen LogP contribution in [0.4, 0.5) is 0 Å². The SMILES string of the molecule is Cc1[nH]ncc1CCCNS(=O)(=O)c1ccsc1CO. The Kier molecular flexibility index (Phi) is 4.92. The molecule has 0 saturated heterocycles. The molecule has 0 atom stereocenters. The molecule has 0 aliphatic rings. The van der Waals surface area contributed by atoms with Crippen LogP contribution >= 0.6 is 11.3 Å². The third-order valence-electron chi connectivity index (χ3n) is 2.99. The highest BCUT2D eigenvalue weighted by atomic mass is 32.2. The summed E-state index contributed by atoms with van der Waals surface area (Å²) < 4.78 is 26.7. The molecule has 0 radical (unpaired) electrons. The first kappa shape index (κ1) is 15.2. The van der Waals surface area contributed by atoms with E-state index in [1.807, 2.05) is 6.92 Å². The monoisotopic (exact) mass is 315 g/mol. The molecule has 0 amide bonds. The fraction of sp³-hybridized carbons (Fsp3) is 0.417. The second kappa shape index (κ2) is 6.49. The normalized spacial score (nSPS) is 11.9. The quantitative estimate of drug-likeness (QED) is 0.669. The van der Waals surface area contributed by atoms with E-state index in [4.69, 9.17) is 5.11 Å². The van der Waals surface area contributed by atoms with Gasteiger partial charge in [-0.2, -0.15) is 5.10 Å². The highest BCUT2D eigenvalue weighted by molar-refractivity contribution is 7.89. The topological polar surface area (TPSA) is 95.1 Å². The zero-order chi connectivity index (χ0) is 14.6. The maximum Gasteiger partial charge on any atom is 0.241 e. The number of aliphatic hydroxyl groups is 1. The van der Waals surface area contributed by atoms with E-state index in [0.29, 0.717) is 17.8 Å². The average molecular weight is 315 g/mol. The number of aromatic nitrogens is 2. The Morgan fingerprint density at radius 3 is 2.95 bits per heavy atom. The van der Waals surface area contributed by atoms with Gasteiger partial charge < -0.3 is 5.11 Å². The number of aryl methyl sites for hydroxylation is 2. The van der Waals surface area contributed by atoms with Crippen molar-refractivity contribution in [3.05, 3.63) is 33.8 Å². The molecule has 0 spiro atoms. The number of sulfonamides is 1. The molecule has 0 aliphatic heterocycles. The molecule has 0 unspecified atom stereocenters. The van der Waals surface area contributed by atoms with E-state index in [1.54, 1.807) is 11.6 Å². The van der Waals surface area contributed by atoms with E-state index in [2.05, 4.69) is 14.9 Å². The molecule has 0 aromatic carbocycles. The van der Waals surface area contributed by atoms with Gasteiger partial charge in [0.2, 0.25) is 10.0 Å². The van der Waals surface area contributed by atoms with Crippen LogP contribution in [-0.2, 0) is 23.1 Å². The number of rotatable bonds is 7. The number of hydrogen-bond donors (Lipinski definition) is 3. The van der Waals surface area contributed by atoms with Crippen molar-refractivity contribution in [2.45, 2.75) is 31.3 Å². The van der Waals surface area contributed by atoms with Crippen LogP contribution in [0.1, 0.15) is 22.6 Å². The van der Waals surface area contributed by atoms with Gasteiger partial charge in [-0.3, -0.25) is 5.10 Å². The molecule has 6 nitrogen and oxygen atoms in total. The Labute approximate surface area is 121 Å². The maximum absolute atomic E-state index is 12.1. The van der Waals surface area contributed by atoms with E-state index >= 15 is 0 Å². The van der Waals surface area contributed by atoms with Crippen molar-refractivity contribution in [2.75, 3.05) is 6.54 Å². The summed E-state index contributed by atoms with van der Waals surface area (Å²) in [7, 11) is -3.53. The van der Waals surface area contributed by atoms with Gasteiger partial charge >= 0.3 is 0 Å². The molecule has 0 bridgehead atoms. The minimum atomic E-state index is -3.53. The van der Waals surface area contributed by atoms with Crippen LogP contribution < -0.4 is 4.72 Å². The summed E-state index contributed by atoms with van der Waals surface area (Å²) in [5.41, 5.74) is 2.10. The van der Waals surface area contributed by atoms with Gasteiger partial charge in [0.05, 0.1) is 17.7 Å². The number of aliphatic hydroxyl groups excluding tert-OH is 1. The predicted octanol–water partition coefficient (Wildman–Crippen LogP) is 1.18. The minimum Gasteiger partial charge on any atom is -0.391 e. The summed E-state index contributed by atoms with van der Waals surface area (Å²) in [6.45, 7) is 2.03. The molecule has 3 N–H and O–H groups in total. The fourth-order valence-electron chi connectivity index (χ4n) is 1.87. The highest BCUT2D eigenvalue weighted by Crippen LogP contribution is 2.21. The molecule has 0 fully saturated rings. The van der Waals surface area contributed by atoms with Crippen LogP contribution in [0.5, 0.6) is 0 Å². The highest BCUT2D eigenvalue weighted by Gasteiger charge is 2.18. The molecule has 2 aromatic heterocycles. The van der Waals surface area contributed by atoms with Crippen molar-refractivity contribution in [3.8, 4) is 0 Å². The van der Waals surface area contributed by atoms with E-state index < -0.39 is 10.0 Å². The van der Waals surface area contributed by atoms with Gasteiger partial charge in [-0.25, -0.2) is 13.1 Å². The molecule has 2 aromatic rings. The summed E-state index contributed by atoms with van der Waals surface area (Å²) in [5, 5.41) is 17.5. The zero-order valence-electron chi connectivity index (χ0n) is 11.1. The first-order chi connectivity index (χ1) is 9.54. The van der Waals surface area contributed by atoms with Gasteiger partial charge in [-0.05, 0) is 36.8 Å². The van der Waals surface area contributed by atoms with Crippen LogP contribution in [0.15, 0.2) is 22.5 Å². The van der Waals surface area contributed by atoms with Crippen molar-refractivity contribution in [1.82, 2.24) is 14.9 Å². The van der Waals surface area contributed by atoms with Crippen LogP contribution in [-0.4, -0.2) is 30.3 Å². The van der Waals surface area contributed by atoms with Gasteiger partial charge in [0.15, 0.2) is 0 Å². The first-order valence-corrected chi connectivity index (χ1v) is 8.56. The van der Waals surface area contributed by atoms with E-state index in [1.165, 1.54) is 17.4 Å². The minimum absolute atomic E-state index is 0.171. The average Bonchev–Trinajstić information content (AvgIpc) is 3.03. The molecular formula is C12H17N3O3S2. The Morgan fingerprint density at radius 1 is 1.50 bits per heavy atom. The summed E-state index contributed by atoms with van der Waals surface area (Å²) in [6.07, 6.45) is 3.21. The molecule has 2 heterocycles. The van der Waals surface area contributed by atoms with Crippen LogP contribution in [0, 0.1) is 6.92 Å². The summed E-state index contributed by atoms with van der Waals surface area (Å²) in [5.74, 6) is 0. The Morgan fingerprint density at radius 2 is 2.30 bits per heavy atom. The number of thiophene rings is 1. The Bertz CT molecular complexity index is 661. The lowest BCUT2D eigenvalue weighted by Gasteiger charge is -2.06. The molecule has 0 saturated carbocycles. The smallest absolute Gasteiger partial charge is 0.241 e. The molecular weight excluding hydrogens is 298 g/mol. The van der Waals surface area contributed by atoms with Crippen LogP contribution in [0.2, 0.25) is 0 Å². The number of H-pyrrole nitrogens is 1. The van der Waals surface area contributed by atoms with Gasteiger partial charge in [-0.1, -0.05) is 0 Å². The molecule has 20 heavy (non-hydrogen) atoms. The summed E-state index contributed by atoms with van der Waals surface area (Å²) in [4.78, 5) is 0.632.